The predicted octanol–water partition coefficient (Wildman–Crippen LogP) is 1.94. The first-order valence-corrected chi connectivity index (χ1v) is 5.74. The molecule has 0 unspecified atom stereocenters. The highest BCUT2D eigenvalue weighted by atomic mass is 16.6. The average molecular weight is 255 g/mol. The maximum Gasteiger partial charge on any atom is 0.408 e. The first-order chi connectivity index (χ1) is 8.58. The first kappa shape index (κ1) is 14.1. The van der Waals surface area contributed by atoms with E-state index in [9.17, 15) is 9.59 Å². The molecule has 1 aromatic heterocycles. The lowest BCUT2D eigenvalue weighted by Crippen LogP contribution is -2.35. The Labute approximate surface area is 105 Å². The van der Waals surface area contributed by atoms with Crippen LogP contribution in [0, 0.1) is 6.92 Å². The summed E-state index contributed by atoms with van der Waals surface area (Å²) < 4.78 is 14.9. The minimum absolute atomic E-state index is 0.221. The number of hydrogen-bond acceptors (Lipinski definition) is 5. The molecule has 6 nitrogen and oxygen atoms in total. The molecule has 0 radical (unpaired) electrons. The second-order valence-electron chi connectivity index (χ2n) is 3.50. The summed E-state index contributed by atoms with van der Waals surface area (Å²) in [6.45, 7) is 5.55. The third kappa shape index (κ3) is 3.80. The molecule has 1 atom stereocenters. The lowest BCUT2D eigenvalue weighted by atomic mass is 10.2. The van der Waals surface area contributed by atoms with Gasteiger partial charge in [0.05, 0.1) is 13.2 Å². The molecule has 18 heavy (non-hydrogen) atoms. The monoisotopic (exact) mass is 255 g/mol. The van der Waals surface area contributed by atoms with E-state index in [1.807, 2.05) is 0 Å². The molecule has 0 aliphatic heterocycles. The molecule has 0 spiro atoms. The summed E-state index contributed by atoms with van der Waals surface area (Å²) in [5, 5.41) is 2.40. The van der Waals surface area contributed by atoms with Crippen LogP contribution in [0.3, 0.4) is 0 Å². The van der Waals surface area contributed by atoms with Gasteiger partial charge < -0.3 is 19.2 Å². The van der Waals surface area contributed by atoms with Gasteiger partial charge in [-0.25, -0.2) is 9.59 Å². The first-order valence-electron chi connectivity index (χ1n) is 5.74. The van der Waals surface area contributed by atoms with Gasteiger partial charge in [0.25, 0.3) is 0 Å². The van der Waals surface area contributed by atoms with Crippen molar-refractivity contribution in [3.8, 4) is 0 Å². The molecular weight excluding hydrogens is 238 g/mol. The second-order valence-corrected chi connectivity index (χ2v) is 3.50. The molecule has 0 saturated carbocycles. The fourth-order valence-corrected chi connectivity index (χ4v) is 1.37. The Hall–Kier alpha value is -1.98. The highest BCUT2D eigenvalue weighted by Gasteiger charge is 2.27. The number of rotatable bonds is 5. The van der Waals surface area contributed by atoms with Crippen molar-refractivity contribution in [1.82, 2.24) is 5.32 Å². The summed E-state index contributed by atoms with van der Waals surface area (Å²) in [4.78, 5) is 23.1. The van der Waals surface area contributed by atoms with Gasteiger partial charge in [0.15, 0.2) is 6.04 Å². The number of furan rings is 1. The Morgan fingerprint density at radius 1 is 1.28 bits per heavy atom. The van der Waals surface area contributed by atoms with Crippen LogP contribution in [-0.2, 0) is 14.3 Å². The molecule has 1 amide bonds. The number of ether oxygens (including phenoxy) is 2. The zero-order chi connectivity index (χ0) is 13.5. The van der Waals surface area contributed by atoms with E-state index in [1.54, 1.807) is 32.9 Å². The molecule has 0 aromatic carbocycles. The summed E-state index contributed by atoms with van der Waals surface area (Å²) in [6, 6.07) is 2.33. The van der Waals surface area contributed by atoms with Crippen LogP contribution >= 0.6 is 0 Å². The zero-order valence-corrected chi connectivity index (χ0v) is 10.7. The second kappa shape index (κ2) is 6.68. The van der Waals surface area contributed by atoms with Gasteiger partial charge in [-0.1, -0.05) is 0 Å². The van der Waals surface area contributed by atoms with Gasteiger partial charge in [-0.05, 0) is 32.9 Å². The van der Waals surface area contributed by atoms with E-state index in [-0.39, 0.29) is 13.2 Å². The maximum absolute atomic E-state index is 11.7. The molecule has 0 aliphatic rings. The molecule has 1 rings (SSSR count). The third-order valence-electron chi connectivity index (χ3n) is 2.11. The van der Waals surface area contributed by atoms with Crippen LogP contribution in [0.2, 0.25) is 0 Å². The van der Waals surface area contributed by atoms with Gasteiger partial charge >= 0.3 is 12.1 Å². The van der Waals surface area contributed by atoms with Crippen molar-refractivity contribution in [1.29, 1.82) is 0 Å². The van der Waals surface area contributed by atoms with Crippen LogP contribution in [0.15, 0.2) is 16.5 Å². The Morgan fingerprint density at radius 2 is 1.94 bits per heavy atom. The van der Waals surface area contributed by atoms with E-state index >= 15 is 0 Å². The highest BCUT2D eigenvalue weighted by molar-refractivity contribution is 5.82. The lowest BCUT2D eigenvalue weighted by molar-refractivity contribution is -0.146. The van der Waals surface area contributed by atoms with Gasteiger partial charge in [-0.15, -0.1) is 0 Å². The van der Waals surface area contributed by atoms with Crippen molar-refractivity contribution < 1.29 is 23.5 Å². The largest absolute Gasteiger partial charge is 0.464 e. The van der Waals surface area contributed by atoms with Crippen molar-refractivity contribution >= 4 is 12.1 Å². The number of carbonyl (C=O) groups is 2. The summed E-state index contributed by atoms with van der Waals surface area (Å²) in [5.74, 6) is 0.379. The van der Waals surface area contributed by atoms with Gasteiger partial charge in [-0.2, -0.15) is 0 Å². The normalized spacial score (nSPS) is 11.7. The number of aryl methyl sites for hydroxylation is 1. The van der Waals surface area contributed by atoms with Crippen LogP contribution in [0.5, 0.6) is 0 Å². The Kier molecular flexibility index (Phi) is 5.23. The van der Waals surface area contributed by atoms with E-state index in [2.05, 4.69) is 5.32 Å². The molecule has 100 valence electrons. The predicted molar refractivity (Wildman–Crippen MR) is 63.0 cm³/mol. The Balaban J connectivity index is 2.81. The van der Waals surface area contributed by atoms with Crippen molar-refractivity contribution in [2.45, 2.75) is 26.8 Å². The van der Waals surface area contributed by atoms with Crippen LogP contribution in [0.4, 0.5) is 4.79 Å². The maximum atomic E-state index is 11.7. The Morgan fingerprint density at radius 3 is 2.44 bits per heavy atom. The number of amides is 1. The van der Waals surface area contributed by atoms with E-state index < -0.39 is 18.1 Å². The SMILES string of the molecule is CCOC(=O)N[C@H](C(=O)OCC)c1ccc(C)o1. The molecule has 1 heterocycles. The van der Waals surface area contributed by atoms with Crippen molar-refractivity contribution in [2.75, 3.05) is 13.2 Å². The molecular formula is C12H17NO5. The number of alkyl carbamates (subject to hydrolysis) is 1. The lowest BCUT2D eigenvalue weighted by Gasteiger charge is -2.14. The molecule has 1 aromatic rings. The zero-order valence-electron chi connectivity index (χ0n) is 10.7. The van der Waals surface area contributed by atoms with E-state index in [4.69, 9.17) is 13.9 Å². The summed E-state index contributed by atoms with van der Waals surface area (Å²) >= 11 is 0. The smallest absolute Gasteiger partial charge is 0.408 e. The summed E-state index contributed by atoms with van der Waals surface area (Å²) in [7, 11) is 0. The summed E-state index contributed by atoms with van der Waals surface area (Å²) in [6.07, 6.45) is -0.690. The van der Waals surface area contributed by atoms with E-state index in [0.29, 0.717) is 11.5 Å². The number of carbonyl (C=O) groups excluding carboxylic acids is 2. The van der Waals surface area contributed by atoms with Gasteiger partial charge in [-0.3, -0.25) is 0 Å². The molecule has 6 heteroatoms. The highest BCUT2D eigenvalue weighted by Crippen LogP contribution is 2.18. The van der Waals surface area contributed by atoms with Gasteiger partial charge in [0, 0.05) is 0 Å². The fourth-order valence-electron chi connectivity index (χ4n) is 1.37. The minimum Gasteiger partial charge on any atom is -0.464 e. The molecule has 0 bridgehead atoms. The molecule has 0 fully saturated rings. The molecule has 1 N–H and O–H groups in total. The van der Waals surface area contributed by atoms with Gasteiger partial charge in [0.2, 0.25) is 0 Å². The third-order valence-corrected chi connectivity index (χ3v) is 2.11. The quantitative estimate of drug-likeness (QED) is 0.813. The van der Waals surface area contributed by atoms with Crippen molar-refractivity contribution in [3.05, 3.63) is 23.7 Å². The van der Waals surface area contributed by atoms with E-state index in [1.165, 1.54) is 0 Å². The van der Waals surface area contributed by atoms with Crippen LogP contribution in [-0.4, -0.2) is 25.3 Å². The van der Waals surface area contributed by atoms with Gasteiger partial charge in [0.1, 0.15) is 11.5 Å². The van der Waals surface area contributed by atoms with E-state index in [0.717, 1.165) is 0 Å². The average Bonchev–Trinajstić information content (AvgIpc) is 2.73. The van der Waals surface area contributed by atoms with Crippen molar-refractivity contribution in [2.24, 2.45) is 0 Å². The Bertz CT molecular complexity index is 412. The van der Waals surface area contributed by atoms with Crippen LogP contribution < -0.4 is 5.32 Å². The number of hydrogen-bond donors (Lipinski definition) is 1. The molecule has 0 aliphatic carbocycles. The minimum atomic E-state index is -0.988. The van der Waals surface area contributed by atoms with Crippen LogP contribution in [0.25, 0.3) is 0 Å². The molecule has 0 saturated heterocycles. The number of esters is 1. The fraction of sp³-hybridized carbons (Fsp3) is 0.500. The number of nitrogens with one attached hydrogen (secondary N) is 1. The van der Waals surface area contributed by atoms with Crippen LogP contribution in [0.1, 0.15) is 31.4 Å². The van der Waals surface area contributed by atoms with Crippen molar-refractivity contribution in [3.63, 3.8) is 0 Å². The standard InChI is InChI=1S/C12H17NO5/c1-4-16-11(14)10(13-12(15)17-5-2)9-7-6-8(3)18-9/h6-7,10H,4-5H2,1-3H3,(H,13,15)/t10-/m0/s1. The summed E-state index contributed by atoms with van der Waals surface area (Å²) in [5.41, 5.74) is 0. The topological polar surface area (TPSA) is 77.8 Å².